The molecule has 0 atom stereocenters. The van der Waals surface area contributed by atoms with Crippen LogP contribution in [0.3, 0.4) is 0 Å². The second kappa shape index (κ2) is 12.9. The Hall–Kier alpha value is -7.71. The molecule has 0 spiro atoms. The Morgan fingerprint density at radius 2 is 0.935 bits per heavy atom. The molecule has 5 heterocycles. The first-order chi connectivity index (χ1) is 30.7. The van der Waals surface area contributed by atoms with Gasteiger partial charge in [-0.25, -0.2) is 15.0 Å². The summed E-state index contributed by atoms with van der Waals surface area (Å²) in [5.74, 6) is 1.84. The molecule has 0 saturated heterocycles. The number of nitrogens with zero attached hydrogens (tertiary/aromatic N) is 4. The monoisotopic (exact) mass is 826 g/mol. The Labute approximate surface area is 361 Å². The average Bonchev–Trinajstić information content (AvgIpc) is 4.09. The topological polar surface area (TPSA) is 56.7 Å². The van der Waals surface area contributed by atoms with Crippen molar-refractivity contribution in [3.63, 3.8) is 0 Å². The fourth-order valence-corrected chi connectivity index (χ4v) is 12.1. The van der Waals surface area contributed by atoms with Crippen LogP contribution >= 0.6 is 22.7 Å². The number of fused-ring (bicyclic) bond motifs is 13. The largest absolute Gasteiger partial charge is 0.456 e. The van der Waals surface area contributed by atoms with Crippen molar-refractivity contribution in [3.8, 4) is 39.9 Å². The molecule has 0 N–H and O–H groups in total. The van der Waals surface area contributed by atoms with E-state index in [0.717, 1.165) is 64.7 Å². The van der Waals surface area contributed by atoms with Crippen LogP contribution in [-0.4, -0.2) is 19.5 Å². The second-order valence-corrected chi connectivity index (χ2v) is 18.0. The van der Waals surface area contributed by atoms with Crippen molar-refractivity contribution >= 4 is 118 Å². The number of rotatable bonds is 4. The van der Waals surface area contributed by atoms with Crippen molar-refractivity contribution in [1.82, 2.24) is 19.5 Å². The van der Waals surface area contributed by atoms with E-state index >= 15 is 0 Å². The zero-order chi connectivity index (χ0) is 40.5. The number of thiophene rings is 2. The maximum atomic E-state index is 6.65. The molecule has 0 amide bonds. The predicted molar refractivity (Wildman–Crippen MR) is 261 cm³/mol. The van der Waals surface area contributed by atoms with Gasteiger partial charge in [0.25, 0.3) is 0 Å². The summed E-state index contributed by atoms with van der Waals surface area (Å²) < 4.78 is 13.8. The molecule has 0 saturated carbocycles. The standard InChI is InChI=1S/C55H30N4OS2/c1-2-14-32-30-44-41(29-31(32)13-1)33-15-3-7-23-42(33)59(44)43-27-28-46-49(38-18-4-8-24-45(38)60-46)50(43)55-57-53(39-21-11-19-36-34-16-5-9-25-47(34)61-51(36)39)56-54(58-55)40-22-12-20-37-35-17-6-10-26-48(35)62-52(37)40/h1-30H. The van der Waals surface area contributed by atoms with Crippen molar-refractivity contribution in [2.75, 3.05) is 0 Å². The minimum atomic E-state index is 0.583. The van der Waals surface area contributed by atoms with Crippen LogP contribution in [0.25, 0.3) is 135 Å². The average molecular weight is 827 g/mol. The molecule has 14 aromatic rings. The van der Waals surface area contributed by atoms with E-state index in [0.29, 0.717) is 17.5 Å². The lowest BCUT2D eigenvalue weighted by Crippen LogP contribution is -2.04. The third-order valence-corrected chi connectivity index (χ3v) is 14.9. The number of hydrogen-bond donors (Lipinski definition) is 0. The highest BCUT2D eigenvalue weighted by atomic mass is 32.1. The molecule has 62 heavy (non-hydrogen) atoms. The molecule has 0 radical (unpaired) electrons. The lowest BCUT2D eigenvalue weighted by Gasteiger charge is -2.16. The molecular formula is C55H30N4OS2. The molecule has 7 heteroatoms. The summed E-state index contributed by atoms with van der Waals surface area (Å²) in [5.41, 5.74) is 7.61. The van der Waals surface area contributed by atoms with Gasteiger partial charge in [0.2, 0.25) is 0 Å². The number of aromatic nitrogens is 4. The molecule has 288 valence electrons. The maximum Gasteiger partial charge on any atom is 0.166 e. The Balaban J connectivity index is 1.15. The molecule has 5 aromatic heterocycles. The maximum absolute atomic E-state index is 6.65. The van der Waals surface area contributed by atoms with E-state index in [1.54, 1.807) is 22.7 Å². The van der Waals surface area contributed by atoms with Crippen LogP contribution in [0.15, 0.2) is 186 Å². The SMILES string of the molecule is c1ccc2cc3c(cc2c1)c1ccccc1n3-c1ccc2oc3ccccc3c2c1-c1nc(-c2cccc3c2sc2ccccc23)nc(-c2cccc3c2sc2ccccc23)n1. The van der Waals surface area contributed by atoms with E-state index in [1.165, 1.54) is 52.5 Å². The zero-order valence-electron chi connectivity index (χ0n) is 32.8. The molecule has 0 fully saturated rings. The van der Waals surface area contributed by atoms with Crippen molar-refractivity contribution < 1.29 is 4.42 Å². The van der Waals surface area contributed by atoms with E-state index in [1.807, 2.05) is 12.1 Å². The summed E-state index contributed by atoms with van der Waals surface area (Å²) in [7, 11) is 0. The van der Waals surface area contributed by atoms with Crippen molar-refractivity contribution in [3.05, 3.63) is 182 Å². The number of benzene rings is 9. The smallest absolute Gasteiger partial charge is 0.166 e. The quantitative estimate of drug-likeness (QED) is 0.177. The van der Waals surface area contributed by atoms with Gasteiger partial charge in [0, 0.05) is 73.0 Å². The molecule has 5 nitrogen and oxygen atoms in total. The van der Waals surface area contributed by atoms with Gasteiger partial charge in [-0.3, -0.25) is 0 Å². The summed E-state index contributed by atoms with van der Waals surface area (Å²) >= 11 is 3.57. The Morgan fingerprint density at radius 3 is 1.63 bits per heavy atom. The first-order valence-electron chi connectivity index (χ1n) is 20.7. The zero-order valence-corrected chi connectivity index (χ0v) is 34.5. The van der Waals surface area contributed by atoms with Crippen LogP contribution < -0.4 is 0 Å². The fourth-order valence-electron chi connectivity index (χ4n) is 9.71. The molecule has 0 aliphatic carbocycles. The van der Waals surface area contributed by atoms with Gasteiger partial charge in [0.15, 0.2) is 17.5 Å². The first-order valence-corrected chi connectivity index (χ1v) is 22.3. The number of para-hydroxylation sites is 2. The highest BCUT2D eigenvalue weighted by molar-refractivity contribution is 7.26. The Bertz CT molecular complexity index is 4060. The van der Waals surface area contributed by atoms with Gasteiger partial charge in [-0.15, -0.1) is 22.7 Å². The Morgan fingerprint density at radius 1 is 0.387 bits per heavy atom. The molecule has 0 aliphatic rings. The lowest BCUT2D eigenvalue weighted by atomic mass is 10.0. The summed E-state index contributed by atoms with van der Waals surface area (Å²) in [4.78, 5) is 16.6. The van der Waals surface area contributed by atoms with Gasteiger partial charge in [0.1, 0.15) is 11.2 Å². The van der Waals surface area contributed by atoms with Crippen molar-refractivity contribution in [2.24, 2.45) is 0 Å². The predicted octanol–water partition coefficient (Wildman–Crippen LogP) is 15.8. The summed E-state index contributed by atoms with van der Waals surface area (Å²) in [5, 5.41) is 11.6. The van der Waals surface area contributed by atoms with Gasteiger partial charge in [-0.05, 0) is 71.4 Å². The molecule has 14 rings (SSSR count). The Kier molecular flexibility index (Phi) is 7.08. The minimum absolute atomic E-state index is 0.583. The highest BCUT2D eigenvalue weighted by Gasteiger charge is 2.26. The first kappa shape index (κ1) is 34.0. The third-order valence-electron chi connectivity index (χ3n) is 12.5. The number of hydrogen-bond acceptors (Lipinski definition) is 6. The van der Waals surface area contributed by atoms with Crippen molar-refractivity contribution in [1.29, 1.82) is 0 Å². The molecular weight excluding hydrogens is 797 g/mol. The highest BCUT2D eigenvalue weighted by Crippen LogP contribution is 2.46. The van der Waals surface area contributed by atoms with Crippen molar-refractivity contribution in [2.45, 2.75) is 0 Å². The van der Waals surface area contributed by atoms with E-state index in [-0.39, 0.29) is 0 Å². The van der Waals surface area contributed by atoms with Gasteiger partial charge in [0.05, 0.1) is 22.3 Å². The van der Waals surface area contributed by atoms with Crippen LogP contribution in [0.5, 0.6) is 0 Å². The van der Waals surface area contributed by atoms with E-state index in [9.17, 15) is 0 Å². The number of furan rings is 1. The van der Waals surface area contributed by atoms with Gasteiger partial charge >= 0.3 is 0 Å². The van der Waals surface area contributed by atoms with Crippen LogP contribution in [-0.2, 0) is 0 Å². The van der Waals surface area contributed by atoms with Crippen LogP contribution in [0.1, 0.15) is 0 Å². The molecule has 0 unspecified atom stereocenters. The van der Waals surface area contributed by atoms with Crippen LogP contribution in [0, 0.1) is 0 Å². The normalized spacial score (nSPS) is 12.2. The van der Waals surface area contributed by atoms with E-state index < -0.39 is 0 Å². The molecule has 9 aromatic carbocycles. The minimum Gasteiger partial charge on any atom is -0.456 e. The summed E-state index contributed by atoms with van der Waals surface area (Å²) in [6.45, 7) is 0. The third kappa shape index (κ3) is 4.86. The summed E-state index contributed by atoms with van der Waals surface area (Å²) in [6, 6.07) is 64.8. The van der Waals surface area contributed by atoms with Crippen LogP contribution in [0.4, 0.5) is 0 Å². The van der Waals surface area contributed by atoms with E-state index in [4.69, 9.17) is 19.4 Å². The molecule has 0 aliphatic heterocycles. The summed E-state index contributed by atoms with van der Waals surface area (Å²) in [6.07, 6.45) is 0. The fraction of sp³-hybridized carbons (Fsp3) is 0. The van der Waals surface area contributed by atoms with Gasteiger partial charge in [-0.1, -0.05) is 121 Å². The van der Waals surface area contributed by atoms with Crippen LogP contribution in [0.2, 0.25) is 0 Å². The van der Waals surface area contributed by atoms with Gasteiger partial charge in [-0.2, -0.15) is 0 Å². The van der Waals surface area contributed by atoms with E-state index in [2.05, 4.69) is 174 Å². The van der Waals surface area contributed by atoms with Gasteiger partial charge < -0.3 is 8.98 Å². The lowest BCUT2D eigenvalue weighted by molar-refractivity contribution is 0.669. The molecule has 0 bridgehead atoms. The second-order valence-electron chi connectivity index (χ2n) is 15.9.